The molecule has 0 unspecified atom stereocenters. The zero-order valence-electron chi connectivity index (χ0n) is 17.5. The van der Waals surface area contributed by atoms with Gasteiger partial charge >= 0.3 is 0 Å². The van der Waals surface area contributed by atoms with Crippen molar-refractivity contribution in [3.05, 3.63) is 93.5 Å². The van der Waals surface area contributed by atoms with Crippen molar-refractivity contribution >= 4 is 34.1 Å². The van der Waals surface area contributed by atoms with Gasteiger partial charge in [0, 0.05) is 21.7 Å². The van der Waals surface area contributed by atoms with Gasteiger partial charge in [-0.15, -0.1) is 0 Å². The Balaban J connectivity index is 1.93. The van der Waals surface area contributed by atoms with Crippen molar-refractivity contribution in [2.24, 2.45) is 0 Å². The van der Waals surface area contributed by atoms with E-state index in [1.165, 1.54) is 0 Å². The van der Waals surface area contributed by atoms with Crippen LogP contribution >= 0.6 is 11.6 Å². The van der Waals surface area contributed by atoms with Crippen LogP contribution in [0.15, 0.2) is 60.7 Å². The second-order valence-corrected chi connectivity index (χ2v) is 8.13. The minimum Gasteiger partial charge on any atom is -0.322 e. The third-order valence-corrected chi connectivity index (χ3v) is 5.78. The Morgan fingerprint density at radius 3 is 2.33 bits per heavy atom. The number of rotatable bonds is 3. The molecule has 0 aliphatic rings. The van der Waals surface area contributed by atoms with Crippen LogP contribution in [0.2, 0.25) is 5.02 Å². The first-order valence-electron chi connectivity index (χ1n) is 9.89. The van der Waals surface area contributed by atoms with Crippen molar-refractivity contribution in [1.82, 2.24) is 4.98 Å². The summed E-state index contributed by atoms with van der Waals surface area (Å²) >= 11 is 6.26. The number of anilines is 1. The molecule has 0 fully saturated rings. The first-order chi connectivity index (χ1) is 14.3. The Kier molecular flexibility index (Phi) is 5.31. The second-order valence-electron chi connectivity index (χ2n) is 7.72. The number of carbonyl (C=O) groups is 1. The highest BCUT2D eigenvalue weighted by Crippen LogP contribution is 2.32. The highest BCUT2D eigenvalue weighted by atomic mass is 35.5. The van der Waals surface area contributed by atoms with Crippen LogP contribution in [-0.2, 0) is 0 Å². The van der Waals surface area contributed by atoms with Crippen LogP contribution < -0.4 is 5.32 Å². The number of nitrogens with zero attached hydrogens (tertiary/aromatic N) is 1. The summed E-state index contributed by atoms with van der Waals surface area (Å²) < 4.78 is 0. The van der Waals surface area contributed by atoms with Gasteiger partial charge in [-0.3, -0.25) is 4.79 Å². The quantitative estimate of drug-likeness (QED) is 0.390. The molecule has 150 valence electrons. The van der Waals surface area contributed by atoms with Crippen LogP contribution in [0.3, 0.4) is 0 Å². The summed E-state index contributed by atoms with van der Waals surface area (Å²) in [7, 11) is 0. The number of hydrogen-bond donors (Lipinski definition) is 1. The molecule has 3 nitrogen and oxygen atoms in total. The van der Waals surface area contributed by atoms with Crippen LogP contribution in [0, 0.1) is 27.7 Å². The molecular weight excluding hydrogens is 392 g/mol. The molecule has 1 heterocycles. The highest BCUT2D eigenvalue weighted by molar-refractivity contribution is 6.31. The molecule has 0 spiro atoms. The topological polar surface area (TPSA) is 42.0 Å². The molecule has 0 aliphatic heterocycles. The van der Waals surface area contributed by atoms with Crippen molar-refractivity contribution in [2.45, 2.75) is 27.7 Å². The van der Waals surface area contributed by atoms with Gasteiger partial charge in [-0.25, -0.2) is 4.98 Å². The summed E-state index contributed by atoms with van der Waals surface area (Å²) in [6.45, 7) is 7.97. The van der Waals surface area contributed by atoms with Gasteiger partial charge in [-0.2, -0.15) is 0 Å². The lowest BCUT2D eigenvalue weighted by molar-refractivity contribution is 0.102. The molecule has 0 atom stereocenters. The fourth-order valence-electron chi connectivity index (χ4n) is 3.85. The smallest absolute Gasteiger partial charge is 0.256 e. The molecular formula is C26H23ClN2O. The fourth-order valence-corrected chi connectivity index (χ4v) is 4.03. The number of pyridine rings is 1. The summed E-state index contributed by atoms with van der Waals surface area (Å²) in [5.41, 5.74) is 7.94. The van der Waals surface area contributed by atoms with E-state index in [1.807, 2.05) is 76.2 Å². The van der Waals surface area contributed by atoms with E-state index in [4.69, 9.17) is 16.6 Å². The Morgan fingerprint density at radius 2 is 1.63 bits per heavy atom. The largest absolute Gasteiger partial charge is 0.322 e. The van der Waals surface area contributed by atoms with E-state index in [-0.39, 0.29) is 5.91 Å². The number of halogens is 1. The molecule has 0 bridgehead atoms. The summed E-state index contributed by atoms with van der Waals surface area (Å²) in [5.74, 6) is -0.165. The lowest BCUT2D eigenvalue weighted by atomic mass is 9.94. The number of amides is 1. The Morgan fingerprint density at radius 1 is 0.900 bits per heavy atom. The van der Waals surface area contributed by atoms with E-state index in [2.05, 4.69) is 11.4 Å². The van der Waals surface area contributed by atoms with Crippen LogP contribution in [0.5, 0.6) is 0 Å². The van der Waals surface area contributed by atoms with Gasteiger partial charge in [0.1, 0.15) is 0 Å². The molecule has 4 heteroatoms. The molecule has 0 aliphatic carbocycles. The third-order valence-electron chi connectivity index (χ3n) is 5.37. The van der Waals surface area contributed by atoms with E-state index in [0.717, 1.165) is 44.4 Å². The number of aryl methyl sites for hydroxylation is 3. The van der Waals surface area contributed by atoms with Crippen molar-refractivity contribution in [2.75, 3.05) is 5.32 Å². The number of carbonyl (C=O) groups excluding carboxylic acids is 1. The van der Waals surface area contributed by atoms with E-state index in [9.17, 15) is 4.79 Å². The normalized spacial score (nSPS) is 11.0. The van der Waals surface area contributed by atoms with Gasteiger partial charge in [0.15, 0.2) is 0 Å². The monoisotopic (exact) mass is 414 g/mol. The van der Waals surface area contributed by atoms with Gasteiger partial charge in [0.2, 0.25) is 0 Å². The average molecular weight is 415 g/mol. The van der Waals surface area contributed by atoms with E-state index < -0.39 is 0 Å². The third kappa shape index (κ3) is 3.69. The van der Waals surface area contributed by atoms with Crippen LogP contribution in [0.4, 0.5) is 5.69 Å². The average Bonchev–Trinajstić information content (AvgIpc) is 2.71. The standard InChI is InChI=1S/C26H23ClN2O/c1-15-12-17(3)24-21(13-15)23(18(4)25(29-24)19-8-6-5-7-9-19)26(30)28-20-11-10-16(2)22(27)14-20/h5-14H,1-4H3,(H,28,30). The van der Waals surface area contributed by atoms with E-state index >= 15 is 0 Å². The maximum atomic E-state index is 13.5. The summed E-state index contributed by atoms with van der Waals surface area (Å²) in [5, 5.41) is 4.51. The number of hydrogen-bond acceptors (Lipinski definition) is 2. The number of benzene rings is 3. The summed E-state index contributed by atoms with van der Waals surface area (Å²) in [4.78, 5) is 18.4. The molecule has 1 amide bonds. The van der Waals surface area contributed by atoms with Gasteiger partial charge < -0.3 is 5.32 Å². The van der Waals surface area contributed by atoms with Crippen LogP contribution in [-0.4, -0.2) is 10.9 Å². The van der Waals surface area contributed by atoms with E-state index in [1.54, 1.807) is 6.07 Å². The zero-order chi connectivity index (χ0) is 21.4. The molecule has 3 aromatic carbocycles. The highest BCUT2D eigenvalue weighted by Gasteiger charge is 2.20. The van der Waals surface area contributed by atoms with Crippen LogP contribution in [0.25, 0.3) is 22.2 Å². The van der Waals surface area contributed by atoms with E-state index in [0.29, 0.717) is 16.3 Å². The predicted octanol–water partition coefficient (Wildman–Crippen LogP) is 7.04. The number of nitrogens with one attached hydrogen (secondary N) is 1. The molecule has 4 rings (SSSR count). The Labute approximate surface area is 181 Å². The fraction of sp³-hybridized carbons (Fsp3) is 0.154. The van der Waals surface area contributed by atoms with Crippen molar-refractivity contribution in [3.8, 4) is 11.3 Å². The van der Waals surface area contributed by atoms with Gasteiger partial charge in [-0.1, -0.05) is 59.6 Å². The predicted molar refractivity (Wildman–Crippen MR) is 126 cm³/mol. The molecule has 30 heavy (non-hydrogen) atoms. The van der Waals surface area contributed by atoms with Crippen molar-refractivity contribution < 1.29 is 4.79 Å². The molecule has 0 saturated heterocycles. The molecule has 1 aromatic heterocycles. The Bertz CT molecular complexity index is 1280. The summed E-state index contributed by atoms with van der Waals surface area (Å²) in [6, 6.07) is 19.7. The first-order valence-corrected chi connectivity index (χ1v) is 10.3. The maximum absolute atomic E-state index is 13.5. The van der Waals surface area contributed by atoms with Gasteiger partial charge in [0.25, 0.3) is 5.91 Å². The minimum absolute atomic E-state index is 0.165. The number of aromatic nitrogens is 1. The molecule has 1 N–H and O–H groups in total. The number of fused-ring (bicyclic) bond motifs is 1. The lowest BCUT2D eigenvalue weighted by Gasteiger charge is -2.17. The lowest BCUT2D eigenvalue weighted by Crippen LogP contribution is -2.15. The van der Waals surface area contributed by atoms with Gasteiger partial charge in [-0.05, 0) is 62.6 Å². The van der Waals surface area contributed by atoms with Gasteiger partial charge in [0.05, 0.1) is 16.8 Å². The minimum atomic E-state index is -0.165. The van der Waals surface area contributed by atoms with Crippen LogP contribution in [0.1, 0.15) is 32.6 Å². The van der Waals surface area contributed by atoms with Crippen molar-refractivity contribution in [1.29, 1.82) is 0 Å². The SMILES string of the molecule is Cc1cc(C)c2nc(-c3ccccc3)c(C)c(C(=O)Nc3ccc(C)c(Cl)c3)c2c1. The summed E-state index contributed by atoms with van der Waals surface area (Å²) in [6.07, 6.45) is 0. The molecule has 0 saturated carbocycles. The Hall–Kier alpha value is -3.17. The second kappa shape index (κ2) is 7.92. The molecule has 4 aromatic rings. The first kappa shape index (κ1) is 20.1. The molecule has 0 radical (unpaired) electrons. The zero-order valence-corrected chi connectivity index (χ0v) is 18.3. The van der Waals surface area contributed by atoms with Crippen molar-refractivity contribution in [3.63, 3.8) is 0 Å². The maximum Gasteiger partial charge on any atom is 0.256 e.